The lowest BCUT2D eigenvalue weighted by Crippen LogP contribution is -2.30. The molecule has 1 aliphatic carbocycles. The van der Waals surface area contributed by atoms with Crippen molar-refractivity contribution in [3.63, 3.8) is 0 Å². The molecule has 106 valence electrons. The van der Waals surface area contributed by atoms with E-state index in [0.29, 0.717) is 12.0 Å². The van der Waals surface area contributed by atoms with Crippen LogP contribution in [0.5, 0.6) is 5.75 Å². The van der Waals surface area contributed by atoms with Gasteiger partial charge in [-0.3, -0.25) is 0 Å². The Morgan fingerprint density at radius 1 is 1.32 bits per heavy atom. The minimum atomic E-state index is -0.101. The van der Waals surface area contributed by atoms with E-state index in [1.807, 2.05) is 13.1 Å². The Bertz CT molecular complexity index is 417. The van der Waals surface area contributed by atoms with Crippen LogP contribution >= 0.6 is 15.9 Å². The summed E-state index contributed by atoms with van der Waals surface area (Å²) in [5.74, 6) is 1.45. The van der Waals surface area contributed by atoms with Crippen molar-refractivity contribution in [2.24, 2.45) is 5.92 Å². The summed E-state index contributed by atoms with van der Waals surface area (Å²) < 4.78 is 6.26. The zero-order chi connectivity index (χ0) is 13.8. The fourth-order valence-electron chi connectivity index (χ4n) is 2.99. The quantitative estimate of drug-likeness (QED) is 0.891. The zero-order valence-electron chi connectivity index (χ0n) is 11.5. The number of hydrogen-bond acceptors (Lipinski definition) is 3. The lowest BCUT2D eigenvalue weighted by Gasteiger charge is -2.32. The summed E-state index contributed by atoms with van der Waals surface area (Å²) in [7, 11) is 3.69. The summed E-state index contributed by atoms with van der Waals surface area (Å²) >= 11 is 3.55. The second kappa shape index (κ2) is 6.73. The standard InChI is InChI=1S/C15H22BrNO2/c1-17-15(10-3-6-12(18)7-4-10)11-5-8-14(19-2)13(16)9-11/h5,8-10,12,15,17-18H,3-4,6-7H2,1-2H3. The Balaban J connectivity index is 2.15. The van der Waals surface area contributed by atoms with Crippen molar-refractivity contribution in [2.75, 3.05) is 14.2 Å². The highest BCUT2D eigenvalue weighted by Crippen LogP contribution is 2.36. The molecule has 1 unspecified atom stereocenters. The van der Waals surface area contributed by atoms with E-state index >= 15 is 0 Å². The van der Waals surface area contributed by atoms with Gasteiger partial charge in [-0.1, -0.05) is 6.07 Å². The molecule has 1 fully saturated rings. The number of hydrogen-bond donors (Lipinski definition) is 2. The summed E-state index contributed by atoms with van der Waals surface area (Å²) in [5, 5.41) is 13.0. The Morgan fingerprint density at radius 3 is 2.53 bits per heavy atom. The highest BCUT2D eigenvalue weighted by Gasteiger charge is 2.27. The molecule has 0 amide bonds. The third-order valence-electron chi connectivity index (χ3n) is 4.06. The van der Waals surface area contributed by atoms with Gasteiger partial charge in [0.1, 0.15) is 5.75 Å². The number of halogens is 1. The molecule has 2 rings (SSSR count). The molecule has 0 spiro atoms. The van der Waals surface area contributed by atoms with Crippen LogP contribution in [0, 0.1) is 5.92 Å². The number of aliphatic hydroxyl groups excluding tert-OH is 1. The summed E-state index contributed by atoms with van der Waals surface area (Å²) in [6.07, 6.45) is 3.89. The molecule has 1 aliphatic rings. The van der Waals surface area contributed by atoms with Crippen LogP contribution in [0.1, 0.15) is 37.3 Å². The van der Waals surface area contributed by atoms with Gasteiger partial charge in [0.2, 0.25) is 0 Å². The van der Waals surface area contributed by atoms with E-state index in [1.165, 1.54) is 5.56 Å². The lowest BCUT2D eigenvalue weighted by molar-refractivity contribution is 0.0981. The minimum absolute atomic E-state index is 0.101. The molecule has 0 saturated heterocycles. The van der Waals surface area contributed by atoms with Crippen LogP contribution in [0.4, 0.5) is 0 Å². The lowest BCUT2D eigenvalue weighted by atomic mass is 9.80. The maximum atomic E-state index is 9.62. The van der Waals surface area contributed by atoms with Crippen molar-refractivity contribution in [2.45, 2.75) is 37.8 Å². The molecular formula is C15H22BrNO2. The molecule has 0 heterocycles. The monoisotopic (exact) mass is 327 g/mol. The first-order valence-corrected chi connectivity index (χ1v) is 7.63. The number of rotatable bonds is 4. The Morgan fingerprint density at radius 2 is 2.00 bits per heavy atom. The molecule has 1 aromatic carbocycles. The van der Waals surface area contributed by atoms with Crippen LogP contribution in [-0.4, -0.2) is 25.4 Å². The van der Waals surface area contributed by atoms with Crippen molar-refractivity contribution >= 4 is 15.9 Å². The number of aliphatic hydroxyl groups is 1. The highest BCUT2D eigenvalue weighted by molar-refractivity contribution is 9.10. The van der Waals surface area contributed by atoms with Gasteiger partial charge in [0.25, 0.3) is 0 Å². The Hall–Kier alpha value is -0.580. The van der Waals surface area contributed by atoms with Gasteiger partial charge in [0.05, 0.1) is 17.7 Å². The van der Waals surface area contributed by atoms with Gasteiger partial charge in [-0.25, -0.2) is 0 Å². The van der Waals surface area contributed by atoms with Gasteiger partial charge in [-0.2, -0.15) is 0 Å². The molecule has 0 bridgehead atoms. The van der Waals surface area contributed by atoms with E-state index < -0.39 is 0 Å². The predicted octanol–water partition coefficient (Wildman–Crippen LogP) is 3.27. The molecular weight excluding hydrogens is 306 g/mol. The average Bonchev–Trinajstić information content (AvgIpc) is 2.42. The minimum Gasteiger partial charge on any atom is -0.496 e. The highest BCUT2D eigenvalue weighted by atomic mass is 79.9. The van der Waals surface area contributed by atoms with E-state index in [-0.39, 0.29) is 6.10 Å². The summed E-state index contributed by atoms with van der Waals surface area (Å²) in [4.78, 5) is 0. The molecule has 0 radical (unpaired) electrons. The van der Waals surface area contributed by atoms with Crippen molar-refractivity contribution < 1.29 is 9.84 Å². The van der Waals surface area contributed by atoms with Crippen molar-refractivity contribution in [1.29, 1.82) is 0 Å². The molecule has 2 N–H and O–H groups in total. The fraction of sp³-hybridized carbons (Fsp3) is 0.600. The van der Waals surface area contributed by atoms with Gasteiger partial charge in [0.15, 0.2) is 0 Å². The smallest absolute Gasteiger partial charge is 0.133 e. The van der Waals surface area contributed by atoms with Gasteiger partial charge in [-0.05, 0) is 72.3 Å². The third-order valence-corrected chi connectivity index (χ3v) is 4.68. The van der Waals surface area contributed by atoms with E-state index in [1.54, 1.807) is 7.11 Å². The van der Waals surface area contributed by atoms with Crippen LogP contribution in [0.2, 0.25) is 0 Å². The summed E-state index contributed by atoms with van der Waals surface area (Å²) in [6.45, 7) is 0. The van der Waals surface area contributed by atoms with Gasteiger partial charge >= 0.3 is 0 Å². The van der Waals surface area contributed by atoms with E-state index in [9.17, 15) is 5.11 Å². The summed E-state index contributed by atoms with van der Waals surface area (Å²) in [6, 6.07) is 6.59. The SMILES string of the molecule is CNC(c1ccc(OC)c(Br)c1)C1CCC(O)CC1. The Labute approximate surface area is 123 Å². The number of benzene rings is 1. The fourth-order valence-corrected chi connectivity index (χ4v) is 3.54. The van der Waals surface area contributed by atoms with Crippen LogP contribution in [0.25, 0.3) is 0 Å². The molecule has 1 saturated carbocycles. The Kier molecular flexibility index (Phi) is 5.25. The van der Waals surface area contributed by atoms with E-state index in [0.717, 1.165) is 35.9 Å². The first-order valence-electron chi connectivity index (χ1n) is 6.84. The van der Waals surface area contributed by atoms with Crippen LogP contribution in [0.15, 0.2) is 22.7 Å². The molecule has 1 atom stereocenters. The first-order chi connectivity index (χ1) is 9.15. The summed E-state index contributed by atoms with van der Waals surface area (Å²) in [5.41, 5.74) is 1.27. The molecule has 1 aromatic rings. The van der Waals surface area contributed by atoms with E-state index in [2.05, 4.69) is 33.4 Å². The number of ether oxygens (including phenoxy) is 1. The molecule has 3 nitrogen and oxygen atoms in total. The number of methoxy groups -OCH3 is 1. The topological polar surface area (TPSA) is 41.5 Å². The van der Waals surface area contributed by atoms with Crippen LogP contribution in [-0.2, 0) is 0 Å². The molecule has 0 aliphatic heterocycles. The van der Waals surface area contributed by atoms with E-state index in [4.69, 9.17) is 4.74 Å². The normalized spacial score (nSPS) is 25.1. The van der Waals surface area contributed by atoms with Gasteiger partial charge in [0, 0.05) is 6.04 Å². The van der Waals surface area contributed by atoms with Crippen molar-refractivity contribution in [1.82, 2.24) is 5.32 Å². The van der Waals surface area contributed by atoms with Crippen LogP contribution in [0.3, 0.4) is 0 Å². The number of nitrogens with one attached hydrogen (secondary N) is 1. The maximum absolute atomic E-state index is 9.62. The van der Waals surface area contributed by atoms with Crippen molar-refractivity contribution in [3.8, 4) is 5.75 Å². The average molecular weight is 328 g/mol. The molecule has 0 aromatic heterocycles. The largest absolute Gasteiger partial charge is 0.496 e. The van der Waals surface area contributed by atoms with Crippen molar-refractivity contribution in [3.05, 3.63) is 28.2 Å². The second-order valence-corrected chi connectivity index (χ2v) is 6.08. The molecule has 4 heteroatoms. The van der Waals surface area contributed by atoms with Gasteiger partial charge < -0.3 is 15.2 Å². The third kappa shape index (κ3) is 3.50. The van der Waals surface area contributed by atoms with Crippen LogP contribution < -0.4 is 10.1 Å². The second-order valence-electron chi connectivity index (χ2n) is 5.23. The van der Waals surface area contributed by atoms with Gasteiger partial charge in [-0.15, -0.1) is 0 Å². The maximum Gasteiger partial charge on any atom is 0.133 e. The predicted molar refractivity (Wildman–Crippen MR) is 80.5 cm³/mol. The first kappa shape index (κ1) is 14.8. The molecule has 19 heavy (non-hydrogen) atoms. The zero-order valence-corrected chi connectivity index (χ0v) is 13.1.